The monoisotopic (exact) mass is 478 g/mol. The van der Waals surface area contributed by atoms with E-state index in [0.29, 0.717) is 23.3 Å². The Labute approximate surface area is 181 Å². The van der Waals surface area contributed by atoms with Crippen molar-refractivity contribution in [2.75, 3.05) is 11.1 Å². The number of rotatable bonds is 8. The third-order valence-corrected chi connectivity index (χ3v) is 5.51. The number of aromatic nitrogens is 3. The van der Waals surface area contributed by atoms with Crippen molar-refractivity contribution < 1.29 is 13.9 Å². The molecule has 9 heteroatoms. The number of nitrogens with zero attached hydrogens (tertiary/aromatic N) is 3. The molecule has 0 saturated heterocycles. The Balaban J connectivity index is 1.61. The fourth-order valence-electron chi connectivity index (χ4n) is 2.64. The van der Waals surface area contributed by atoms with Gasteiger partial charge in [-0.15, -0.1) is 10.2 Å². The fraction of sp³-hybridized carbons (Fsp3) is 0.250. The van der Waals surface area contributed by atoms with E-state index in [-0.39, 0.29) is 23.6 Å². The van der Waals surface area contributed by atoms with E-state index >= 15 is 0 Å². The van der Waals surface area contributed by atoms with Crippen molar-refractivity contribution in [3.63, 3.8) is 0 Å². The highest BCUT2D eigenvalue weighted by Gasteiger charge is 2.19. The molecular formula is C20H20BrFN4O2S. The van der Waals surface area contributed by atoms with Crippen molar-refractivity contribution in [3.8, 4) is 5.75 Å². The third-order valence-electron chi connectivity index (χ3n) is 4.01. The van der Waals surface area contributed by atoms with Crippen LogP contribution in [0.3, 0.4) is 0 Å². The number of carbonyl (C=O) groups excluding carboxylic acids is 1. The lowest BCUT2D eigenvalue weighted by Crippen LogP contribution is -2.15. The summed E-state index contributed by atoms with van der Waals surface area (Å²) in [6.45, 7) is 4.47. The van der Waals surface area contributed by atoms with Gasteiger partial charge in [-0.3, -0.25) is 4.79 Å². The molecule has 0 fully saturated rings. The van der Waals surface area contributed by atoms with Gasteiger partial charge < -0.3 is 14.6 Å². The molecular weight excluding hydrogens is 459 g/mol. The van der Waals surface area contributed by atoms with Gasteiger partial charge in [-0.25, -0.2) is 4.39 Å². The average Bonchev–Trinajstić information content (AvgIpc) is 3.13. The number of nitrogens with one attached hydrogen (secondary N) is 1. The highest BCUT2D eigenvalue weighted by molar-refractivity contribution is 9.10. The molecule has 0 aliphatic rings. The summed E-state index contributed by atoms with van der Waals surface area (Å²) in [6, 6.07) is 13.2. The first kappa shape index (κ1) is 21.3. The van der Waals surface area contributed by atoms with Gasteiger partial charge in [-0.2, -0.15) is 0 Å². The minimum absolute atomic E-state index is 0.125. The highest BCUT2D eigenvalue weighted by Crippen LogP contribution is 2.25. The standard InChI is InChI=1S/C20H20BrFN4O2S/c1-3-26-19(13(2)28-17-10-6-15(22)7-11-17)24-25-20(26)29-12-18(27)23-16-8-4-14(21)5-9-16/h4-11,13H,3,12H2,1-2H3,(H,23,27). The van der Waals surface area contributed by atoms with Crippen molar-refractivity contribution in [2.45, 2.75) is 31.7 Å². The Kier molecular flexibility index (Phi) is 7.27. The summed E-state index contributed by atoms with van der Waals surface area (Å²) in [5.74, 6) is 0.962. The highest BCUT2D eigenvalue weighted by atomic mass is 79.9. The summed E-state index contributed by atoms with van der Waals surface area (Å²) in [7, 11) is 0. The number of hydrogen-bond donors (Lipinski definition) is 1. The second-order valence-corrected chi connectivity index (χ2v) is 8.00. The zero-order chi connectivity index (χ0) is 20.8. The van der Waals surface area contributed by atoms with Crippen molar-refractivity contribution >= 4 is 39.3 Å². The molecule has 1 atom stereocenters. The first-order valence-electron chi connectivity index (χ1n) is 8.99. The van der Waals surface area contributed by atoms with Crippen LogP contribution in [0, 0.1) is 5.82 Å². The molecule has 0 aliphatic carbocycles. The predicted octanol–water partition coefficient (Wildman–Crippen LogP) is 5.07. The summed E-state index contributed by atoms with van der Waals surface area (Å²) in [6.07, 6.45) is -0.376. The van der Waals surface area contributed by atoms with E-state index in [4.69, 9.17) is 4.74 Å². The van der Waals surface area contributed by atoms with Crippen LogP contribution < -0.4 is 10.1 Å². The van der Waals surface area contributed by atoms with Crippen LogP contribution >= 0.6 is 27.7 Å². The Hall–Kier alpha value is -2.39. The maximum atomic E-state index is 13.1. The van der Waals surface area contributed by atoms with Crippen LogP contribution in [0.1, 0.15) is 25.8 Å². The second-order valence-electron chi connectivity index (χ2n) is 6.14. The minimum Gasteiger partial charge on any atom is -0.483 e. The van der Waals surface area contributed by atoms with Gasteiger partial charge in [0.25, 0.3) is 0 Å². The molecule has 1 aromatic heterocycles. The molecule has 0 aliphatic heterocycles. The first-order chi connectivity index (χ1) is 14.0. The largest absolute Gasteiger partial charge is 0.483 e. The normalized spacial score (nSPS) is 11.9. The summed E-state index contributed by atoms with van der Waals surface area (Å²) >= 11 is 4.68. The second kappa shape index (κ2) is 9.89. The number of hydrogen-bond acceptors (Lipinski definition) is 5. The number of anilines is 1. The maximum Gasteiger partial charge on any atom is 0.234 e. The summed E-state index contributed by atoms with van der Waals surface area (Å²) in [4.78, 5) is 12.2. The van der Waals surface area contributed by atoms with Gasteiger partial charge in [0.2, 0.25) is 5.91 Å². The predicted molar refractivity (Wildman–Crippen MR) is 115 cm³/mol. The van der Waals surface area contributed by atoms with Crippen LogP contribution in [0.25, 0.3) is 0 Å². The molecule has 3 rings (SSSR count). The molecule has 0 saturated carbocycles. The van der Waals surface area contributed by atoms with E-state index in [1.54, 1.807) is 12.1 Å². The van der Waals surface area contributed by atoms with E-state index < -0.39 is 0 Å². The molecule has 3 aromatic rings. The Bertz CT molecular complexity index is 964. The SMILES string of the molecule is CCn1c(SCC(=O)Nc2ccc(Br)cc2)nnc1C(C)Oc1ccc(F)cc1. The fourth-order valence-corrected chi connectivity index (χ4v) is 3.71. The number of benzene rings is 2. The number of carbonyl (C=O) groups is 1. The summed E-state index contributed by atoms with van der Waals surface area (Å²) in [5.41, 5.74) is 0.734. The van der Waals surface area contributed by atoms with Crippen LogP contribution in [-0.4, -0.2) is 26.4 Å². The molecule has 0 spiro atoms. The summed E-state index contributed by atoms with van der Waals surface area (Å²) < 4.78 is 21.8. The molecule has 6 nitrogen and oxygen atoms in total. The molecule has 29 heavy (non-hydrogen) atoms. The zero-order valence-electron chi connectivity index (χ0n) is 15.9. The van der Waals surface area contributed by atoms with Gasteiger partial charge in [-0.05, 0) is 62.4 Å². The zero-order valence-corrected chi connectivity index (χ0v) is 18.3. The van der Waals surface area contributed by atoms with Gasteiger partial charge in [0.05, 0.1) is 5.75 Å². The van der Waals surface area contributed by atoms with Crippen molar-refractivity contribution in [2.24, 2.45) is 0 Å². The van der Waals surface area contributed by atoms with Gasteiger partial charge in [0.1, 0.15) is 11.6 Å². The maximum absolute atomic E-state index is 13.1. The molecule has 1 N–H and O–H groups in total. The van der Waals surface area contributed by atoms with Crippen molar-refractivity contribution in [1.82, 2.24) is 14.8 Å². The van der Waals surface area contributed by atoms with E-state index in [1.165, 1.54) is 23.9 Å². The first-order valence-corrected chi connectivity index (χ1v) is 10.8. The Morgan fingerprint density at radius 2 is 1.90 bits per heavy atom. The Morgan fingerprint density at radius 3 is 2.55 bits per heavy atom. The number of halogens is 2. The number of thioether (sulfide) groups is 1. The minimum atomic E-state index is -0.376. The summed E-state index contributed by atoms with van der Waals surface area (Å²) in [5, 5.41) is 11.9. The van der Waals surface area contributed by atoms with Gasteiger partial charge in [-0.1, -0.05) is 27.7 Å². The lowest BCUT2D eigenvalue weighted by Gasteiger charge is -2.15. The third kappa shape index (κ3) is 5.80. The smallest absolute Gasteiger partial charge is 0.234 e. The van der Waals surface area contributed by atoms with E-state index in [9.17, 15) is 9.18 Å². The number of amides is 1. The van der Waals surface area contributed by atoms with Crippen molar-refractivity contribution in [3.05, 3.63) is 64.6 Å². The van der Waals surface area contributed by atoms with E-state index in [1.807, 2.05) is 42.7 Å². The van der Waals surface area contributed by atoms with Crippen molar-refractivity contribution in [1.29, 1.82) is 0 Å². The lowest BCUT2D eigenvalue weighted by molar-refractivity contribution is -0.113. The van der Waals surface area contributed by atoms with E-state index in [2.05, 4.69) is 31.4 Å². The van der Waals surface area contributed by atoms with Gasteiger partial charge >= 0.3 is 0 Å². The molecule has 0 radical (unpaired) electrons. The molecule has 1 heterocycles. The van der Waals surface area contributed by atoms with E-state index in [0.717, 1.165) is 10.2 Å². The topological polar surface area (TPSA) is 69.0 Å². The number of ether oxygens (including phenoxy) is 1. The van der Waals surface area contributed by atoms with Gasteiger partial charge in [0, 0.05) is 16.7 Å². The van der Waals surface area contributed by atoms with Crippen LogP contribution in [-0.2, 0) is 11.3 Å². The van der Waals surface area contributed by atoms with Crippen LogP contribution in [0.4, 0.5) is 10.1 Å². The molecule has 1 amide bonds. The Morgan fingerprint density at radius 1 is 1.21 bits per heavy atom. The van der Waals surface area contributed by atoms with Crippen LogP contribution in [0.15, 0.2) is 58.2 Å². The molecule has 0 bridgehead atoms. The molecule has 1 unspecified atom stereocenters. The molecule has 2 aromatic carbocycles. The average molecular weight is 479 g/mol. The van der Waals surface area contributed by atoms with Crippen LogP contribution in [0.2, 0.25) is 0 Å². The van der Waals surface area contributed by atoms with Gasteiger partial charge in [0.15, 0.2) is 17.1 Å². The van der Waals surface area contributed by atoms with Crippen LogP contribution in [0.5, 0.6) is 5.75 Å². The quantitative estimate of drug-likeness (QED) is 0.457. The molecule has 152 valence electrons. The lowest BCUT2D eigenvalue weighted by atomic mass is 10.3.